The first kappa shape index (κ1) is 17.2. The van der Waals surface area contributed by atoms with E-state index in [1.807, 2.05) is 0 Å². The average Bonchev–Trinajstić information content (AvgIpc) is 2.39. The van der Waals surface area contributed by atoms with E-state index in [-0.39, 0.29) is 0 Å². The monoisotopic (exact) mass is 316 g/mol. The molecule has 0 aromatic rings. The SMILES string of the molecule is CC(C)CNCC1CCC1CC1CCCN(S(C)(=O)=O)C1. The molecule has 1 aliphatic heterocycles. The molecule has 0 amide bonds. The van der Waals surface area contributed by atoms with Crippen molar-refractivity contribution in [3.63, 3.8) is 0 Å². The molecule has 1 aliphatic carbocycles. The molecule has 124 valence electrons. The van der Waals surface area contributed by atoms with Gasteiger partial charge in [0.25, 0.3) is 0 Å². The summed E-state index contributed by atoms with van der Waals surface area (Å²) in [5.41, 5.74) is 0. The van der Waals surface area contributed by atoms with Crippen LogP contribution in [-0.4, -0.2) is 45.2 Å². The molecule has 1 saturated heterocycles. The van der Waals surface area contributed by atoms with Gasteiger partial charge in [-0.15, -0.1) is 0 Å². The summed E-state index contributed by atoms with van der Waals surface area (Å²) in [4.78, 5) is 0. The van der Waals surface area contributed by atoms with Crippen LogP contribution in [0.4, 0.5) is 0 Å². The van der Waals surface area contributed by atoms with Gasteiger partial charge >= 0.3 is 0 Å². The lowest BCUT2D eigenvalue weighted by Crippen LogP contribution is -2.42. The molecular formula is C16H32N2O2S. The third-order valence-corrected chi connectivity index (χ3v) is 6.39. The summed E-state index contributed by atoms with van der Waals surface area (Å²) in [7, 11) is -3.00. The van der Waals surface area contributed by atoms with Crippen molar-refractivity contribution in [2.75, 3.05) is 32.4 Å². The van der Waals surface area contributed by atoms with Crippen molar-refractivity contribution >= 4 is 10.0 Å². The molecule has 3 atom stereocenters. The predicted octanol–water partition coefficient (Wildman–Crippen LogP) is 2.32. The number of hydrogen-bond donors (Lipinski definition) is 1. The van der Waals surface area contributed by atoms with Crippen molar-refractivity contribution in [2.24, 2.45) is 23.7 Å². The van der Waals surface area contributed by atoms with E-state index in [4.69, 9.17) is 0 Å². The van der Waals surface area contributed by atoms with Crippen LogP contribution >= 0.6 is 0 Å². The molecule has 0 bridgehead atoms. The average molecular weight is 317 g/mol. The Bertz CT molecular complexity index is 422. The van der Waals surface area contributed by atoms with Crippen LogP contribution in [0.1, 0.15) is 46.0 Å². The predicted molar refractivity (Wildman–Crippen MR) is 87.7 cm³/mol. The molecule has 0 radical (unpaired) electrons. The molecule has 1 heterocycles. The van der Waals surface area contributed by atoms with E-state index in [2.05, 4.69) is 19.2 Å². The molecule has 5 heteroatoms. The molecule has 3 unspecified atom stereocenters. The maximum absolute atomic E-state index is 11.7. The van der Waals surface area contributed by atoms with Crippen molar-refractivity contribution in [1.29, 1.82) is 0 Å². The zero-order valence-corrected chi connectivity index (χ0v) is 14.7. The Balaban J connectivity index is 1.74. The van der Waals surface area contributed by atoms with Gasteiger partial charge in [0.1, 0.15) is 0 Å². The fraction of sp³-hybridized carbons (Fsp3) is 1.00. The third-order valence-electron chi connectivity index (χ3n) is 5.12. The molecule has 2 fully saturated rings. The van der Waals surface area contributed by atoms with E-state index in [1.165, 1.54) is 31.9 Å². The van der Waals surface area contributed by atoms with E-state index < -0.39 is 10.0 Å². The molecule has 1 N–H and O–H groups in total. The van der Waals surface area contributed by atoms with Crippen LogP contribution in [0.5, 0.6) is 0 Å². The molecule has 0 aromatic heterocycles. The highest BCUT2D eigenvalue weighted by atomic mass is 32.2. The lowest BCUT2D eigenvalue weighted by molar-refractivity contribution is 0.117. The van der Waals surface area contributed by atoms with E-state index in [1.54, 1.807) is 4.31 Å². The Kier molecular flexibility index (Phi) is 6.09. The molecule has 2 rings (SSSR count). The van der Waals surface area contributed by atoms with Crippen molar-refractivity contribution in [2.45, 2.75) is 46.0 Å². The van der Waals surface area contributed by atoms with Gasteiger partial charge in [0.15, 0.2) is 0 Å². The van der Waals surface area contributed by atoms with Crippen LogP contribution in [0.15, 0.2) is 0 Å². The lowest BCUT2D eigenvalue weighted by Gasteiger charge is -2.41. The van der Waals surface area contributed by atoms with Crippen LogP contribution in [0, 0.1) is 23.7 Å². The fourth-order valence-corrected chi connectivity index (χ4v) is 4.67. The van der Waals surface area contributed by atoms with Crippen LogP contribution in [-0.2, 0) is 10.0 Å². The van der Waals surface area contributed by atoms with E-state index >= 15 is 0 Å². The van der Waals surface area contributed by atoms with Gasteiger partial charge in [-0.1, -0.05) is 13.8 Å². The standard InChI is InChI=1S/C16H32N2O2S/c1-13(2)10-17-11-16-7-6-15(16)9-14-5-4-8-18(12-14)21(3,19)20/h13-17H,4-12H2,1-3H3. The summed E-state index contributed by atoms with van der Waals surface area (Å²) < 4.78 is 25.1. The highest BCUT2D eigenvalue weighted by molar-refractivity contribution is 7.88. The van der Waals surface area contributed by atoms with E-state index in [0.29, 0.717) is 11.8 Å². The second-order valence-electron chi connectivity index (χ2n) is 7.51. The minimum absolute atomic E-state index is 0.575. The van der Waals surface area contributed by atoms with Crippen LogP contribution in [0.25, 0.3) is 0 Å². The number of nitrogens with zero attached hydrogens (tertiary/aromatic N) is 1. The second-order valence-corrected chi connectivity index (χ2v) is 9.50. The van der Waals surface area contributed by atoms with Crippen molar-refractivity contribution < 1.29 is 8.42 Å². The normalized spacial score (nSPS) is 31.3. The Morgan fingerprint density at radius 3 is 2.48 bits per heavy atom. The summed E-state index contributed by atoms with van der Waals surface area (Å²) in [6.45, 7) is 8.21. The third kappa shape index (κ3) is 5.22. The molecule has 2 aliphatic rings. The van der Waals surface area contributed by atoms with Gasteiger partial charge in [-0.2, -0.15) is 0 Å². The molecule has 0 aromatic carbocycles. The van der Waals surface area contributed by atoms with E-state index in [9.17, 15) is 8.42 Å². The van der Waals surface area contributed by atoms with Gasteiger partial charge in [0, 0.05) is 13.1 Å². The number of rotatable bonds is 7. The Morgan fingerprint density at radius 1 is 1.19 bits per heavy atom. The minimum atomic E-state index is -3.00. The largest absolute Gasteiger partial charge is 0.316 e. The zero-order valence-electron chi connectivity index (χ0n) is 13.8. The number of nitrogens with one attached hydrogen (secondary N) is 1. The van der Waals surface area contributed by atoms with Gasteiger partial charge in [0.05, 0.1) is 6.26 Å². The van der Waals surface area contributed by atoms with Crippen molar-refractivity contribution in [3.05, 3.63) is 0 Å². The maximum Gasteiger partial charge on any atom is 0.211 e. The number of hydrogen-bond acceptors (Lipinski definition) is 3. The topological polar surface area (TPSA) is 49.4 Å². The minimum Gasteiger partial charge on any atom is -0.316 e. The summed E-state index contributed by atoms with van der Waals surface area (Å²) >= 11 is 0. The fourth-order valence-electron chi connectivity index (χ4n) is 3.72. The van der Waals surface area contributed by atoms with Gasteiger partial charge in [-0.25, -0.2) is 12.7 Å². The van der Waals surface area contributed by atoms with Crippen LogP contribution in [0.3, 0.4) is 0 Å². The summed E-state index contributed by atoms with van der Waals surface area (Å²) in [6, 6.07) is 0. The highest BCUT2D eigenvalue weighted by Crippen LogP contribution is 2.40. The maximum atomic E-state index is 11.7. The molecule has 0 spiro atoms. The quantitative estimate of drug-likeness (QED) is 0.784. The van der Waals surface area contributed by atoms with Crippen molar-refractivity contribution in [1.82, 2.24) is 9.62 Å². The Labute approximate surface area is 130 Å². The summed E-state index contributed by atoms with van der Waals surface area (Å²) in [5.74, 6) is 2.92. The van der Waals surface area contributed by atoms with Crippen LogP contribution < -0.4 is 5.32 Å². The number of piperidine rings is 1. The molecule has 1 saturated carbocycles. The first-order chi connectivity index (χ1) is 9.86. The highest BCUT2D eigenvalue weighted by Gasteiger charge is 2.34. The number of sulfonamides is 1. The van der Waals surface area contributed by atoms with Gasteiger partial charge in [-0.3, -0.25) is 0 Å². The Hall–Kier alpha value is -0.130. The van der Waals surface area contributed by atoms with E-state index in [0.717, 1.165) is 44.4 Å². The van der Waals surface area contributed by atoms with Gasteiger partial charge in [0.2, 0.25) is 10.0 Å². The smallest absolute Gasteiger partial charge is 0.211 e. The summed E-state index contributed by atoms with van der Waals surface area (Å²) in [6.07, 6.45) is 7.48. The first-order valence-corrected chi connectivity index (χ1v) is 10.4. The summed E-state index contributed by atoms with van der Waals surface area (Å²) in [5, 5.41) is 3.58. The molecule has 4 nitrogen and oxygen atoms in total. The first-order valence-electron chi connectivity index (χ1n) is 8.52. The molecular weight excluding hydrogens is 284 g/mol. The zero-order chi connectivity index (χ0) is 15.5. The lowest BCUT2D eigenvalue weighted by atomic mass is 9.69. The Morgan fingerprint density at radius 2 is 1.90 bits per heavy atom. The van der Waals surface area contributed by atoms with Crippen LogP contribution in [0.2, 0.25) is 0 Å². The second kappa shape index (κ2) is 7.42. The van der Waals surface area contributed by atoms with Gasteiger partial charge < -0.3 is 5.32 Å². The molecule has 21 heavy (non-hydrogen) atoms. The van der Waals surface area contributed by atoms with Crippen molar-refractivity contribution in [3.8, 4) is 0 Å². The van der Waals surface area contributed by atoms with Gasteiger partial charge in [-0.05, 0) is 68.9 Å².